The molecular weight excluding hydrogens is 337 g/mol. The molecule has 1 aliphatic heterocycles. The van der Waals surface area contributed by atoms with Crippen LogP contribution in [-0.4, -0.2) is 29.1 Å². The highest BCUT2D eigenvalue weighted by Gasteiger charge is 2.28. The summed E-state index contributed by atoms with van der Waals surface area (Å²) < 4.78 is 0. The Morgan fingerprint density at radius 2 is 2.22 bits per heavy atom. The third-order valence-corrected chi connectivity index (χ3v) is 5.01. The highest BCUT2D eigenvalue weighted by Crippen LogP contribution is 2.39. The van der Waals surface area contributed by atoms with Gasteiger partial charge < -0.3 is 15.4 Å². The van der Waals surface area contributed by atoms with E-state index < -0.39 is 0 Å². The second-order valence-electron chi connectivity index (χ2n) is 5.62. The molecule has 1 amide bonds. The van der Waals surface area contributed by atoms with E-state index in [1.807, 2.05) is 0 Å². The number of carbonyl (C=O) groups is 1. The highest BCUT2D eigenvalue weighted by atomic mass is 35.5. The van der Waals surface area contributed by atoms with Crippen LogP contribution in [0.5, 0.6) is 0 Å². The normalized spacial score (nSPS) is 17.5. The van der Waals surface area contributed by atoms with Crippen molar-refractivity contribution in [2.45, 2.75) is 25.2 Å². The van der Waals surface area contributed by atoms with Crippen LogP contribution in [0, 0.1) is 11.3 Å². The summed E-state index contributed by atoms with van der Waals surface area (Å²) in [5.74, 6) is -0.111. The van der Waals surface area contributed by atoms with Gasteiger partial charge in [0.1, 0.15) is 0 Å². The SMILES string of the molecule is N#CCc1cc(Cl)c(Cl)c2[nH]c3c(c12)CC(=O)NC[C@H]3CCO. The Bertz CT molecular complexity index is 823. The van der Waals surface area contributed by atoms with Crippen molar-refractivity contribution in [3.63, 3.8) is 0 Å². The first-order valence-electron chi connectivity index (χ1n) is 7.32. The minimum Gasteiger partial charge on any atom is -0.396 e. The molecule has 1 aromatic carbocycles. The number of hydrogen-bond acceptors (Lipinski definition) is 3. The maximum Gasteiger partial charge on any atom is 0.224 e. The zero-order valence-electron chi connectivity index (χ0n) is 12.2. The van der Waals surface area contributed by atoms with Crippen molar-refractivity contribution in [1.29, 1.82) is 5.26 Å². The van der Waals surface area contributed by atoms with Crippen molar-refractivity contribution in [3.05, 3.63) is 32.9 Å². The second kappa shape index (κ2) is 6.40. The summed E-state index contributed by atoms with van der Waals surface area (Å²) in [6.07, 6.45) is 0.927. The number of nitrogens with zero attached hydrogens (tertiary/aromatic N) is 1. The van der Waals surface area contributed by atoms with E-state index >= 15 is 0 Å². The van der Waals surface area contributed by atoms with Crippen molar-refractivity contribution in [2.75, 3.05) is 13.2 Å². The van der Waals surface area contributed by atoms with Crippen LogP contribution in [0.4, 0.5) is 0 Å². The molecule has 7 heteroatoms. The number of nitrogens with one attached hydrogen (secondary N) is 2. The lowest BCUT2D eigenvalue weighted by molar-refractivity contribution is -0.120. The van der Waals surface area contributed by atoms with Gasteiger partial charge in [-0.2, -0.15) is 5.26 Å². The monoisotopic (exact) mass is 351 g/mol. The van der Waals surface area contributed by atoms with Gasteiger partial charge in [-0.25, -0.2) is 0 Å². The van der Waals surface area contributed by atoms with E-state index in [0.717, 1.165) is 22.2 Å². The molecule has 3 N–H and O–H groups in total. The number of nitriles is 1. The average Bonchev–Trinajstić information content (AvgIpc) is 2.81. The van der Waals surface area contributed by atoms with E-state index in [9.17, 15) is 9.90 Å². The first kappa shape index (κ1) is 16.1. The summed E-state index contributed by atoms with van der Waals surface area (Å²) in [5, 5.41) is 22.8. The fourth-order valence-corrected chi connectivity index (χ4v) is 3.63. The summed E-state index contributed by atoms with van der Waals surface area (Å²) >= 11 is 12.5. The van der Waals surface area contributed by atoms with E-state index in [0.29, 0.717) is 28.5 Å². The molecule has 0 saturated heterocycles. The van der Waals surface area contributed by atoms with Crippen LogP contribution in [0.2, 0.25) is 10.0 Å². The molecule has 1 atom stereocenters. The van der Waals surface area contributed by atoms with Gasteiger partial charge in [0, 0.05) is 30.1 Å². The summed E-state index contributed by atoms with van der Waals surface area (Å²) in [7, 11) is 0. The molecule has 0 bridgehead atoms. The van der Waals surface area contributed by atoms with Gasteiger partial charge in [0.05, 0.1) is 34.5 Å². The third-order valence-electron chi connectivity index (χ3n) is 4.23. The molecule has 120 valence electrons. The number of carbonyl (C=O) groups excluding carboxylic acids is 1. The van der Waals surface area contributed by atoms with Crippen molar-refractivity contribution < 1.29 is 9.90 Å². The molecule has 23 heavy (non-hydrogen) atoms. The van der Waals surface area contributed by atoms with Gasteiger partial charge >= 0.3 is 0 Å². The molecular formula is C16H15Cl2N3O2. The van der Waals surface area contributed by atoms with E-state index in [4.69, 9.17) is 28.5 Å². The lowest BCUT2D eigenvalue weighted by Gasteiger charge is -2.13. The topological polar surface area (TPSA) is 88.9 Å². The Kier molecular flexibility index (Phi) is 4.49. The van der Waals surface area contributed by atoms with Gasteiger partial charge in [0.15, 0.2) is 0 Å². The highest BCUT2D eigenvalue weighted by molar-refractivity contribution is 6.45. The van der Waals surface area contributed by atoms with Crippen molar-refractivity contribution in [2.24, 2.45) is 0 Å². The molecule has 2 aromatic rings. The van der Waals surface area contributed by atoms with Crippen molar-refractivity contribution in [3.8, 4) is 6.07 Å². The fourth-order valence-electron chi connectivity index (χ4n) is 3.21. The molecule has 1 aliphatic rings. The van der Waals surface area contributed by atoms with Crippen LogP contribution in [-0.2, 0) is 17.6 Å². The minimum absolute atomic E-state index is 0.0227. The van der Waals surface area contributed by atoms with E-state index in [1.54, 1.807) is 6.07 Å². The molecule has 1 aromatic heterocycles. The van der Waals surface area contributed by atoms with E-state index in [-0.39, 0.29) is 31.3 Å². The number of aromatic nitrogens is 1. The third kappa shape index (κ3) is 2.78. The van der Waals surface area contributed by atoms with Crippen LogP contribution < -0.4 is 5.32 Å². The van der Waals surface area contributed by atoms with Gasteiger partial charge in [0.25, 0.3) is 0 Å². The number of halogens is 2. The van der Waals surface area contributed by atoms with Gasteiger partial charge in [0.2, 0.25) is 5.91 Å². The molecule has 0 aliphatic carbocycles. The van der Waals surface area contributed by atoms with E-state index in [1.165, 1.54) is 0 Å². The zero-order chi connectivity index (χ0) is 16.6. The van der Waals surface area contributed by atoms with Gasteiger partial charge in [-0.1, -0.05) is 23.2 Å². The lowest BCUT2D eigenvalue weighted by atomic mass is 9.95. The Balaban J connectivity index is 2.31. The number of aromatic amines is 1. The number of amides is 1. The number of benzene rings is 1. The van der Waals surface area contributed by atoms with Crippen molar-refractivity contribution >= 4 is 40.0 Å². The zero-order valence-corrected chi connectivity index (χ0v) is 13.8. The summed E-state index contributed by atoms with van der Waals surface area (Å²) in [6, 6.07) is 3.81. The Morgan fingerprint density at radius 1 is 1.43 bits per heavy atom. The van der Waals surface area contributed by atoms with Crippen molar-refractivity contribution in [1.82, 2.24) is 10.3 Å². The van der Waals surface area contributed by atoms with Crippen LogP contribution in [0.3, 0.4) is 0 Å². The predicted molar refractivity (Wildman–Crippen MR) is 88.8 cm³/mol. The fraction of sp³-hybridized carbons (Fsp3) is 0.375. The van der Waals surface area contributed by atoms with Gasteiger partial charge in [-0.15, -0.1) is 0 Å². The molecule has 0 spiro atoms. The minimum atomic E-state index is -0.0819. The maximum atomic E-state index is 12.0. The number of aliphatic hydroxyl groups is 1. The van der Waals surface area contributed by atoms with Crippen LogP contribution in [0.15, 0.2) is 6.07 Å². The molecule has 5 nitrogen and oxygen atoms in total. The molecule has 0 unspecified atom stereocenters. The first-order valence-corrected chi connectivity index (χ1v) is 8.08. The lowest BCUT2D eigenvalue weighted by Crippen LogP contribution is -2.26. The molecule has 0 saturated carbocycles. The second-order valence-corrected chi connectivity index (χ2v) is 6.41. The molecule has 0 radical (unpaired) electrons. The Hall–Kier alpha value is -1.74. The summed E-state index contributed by atoms with van der Waals surface area (Å²) in [4.78, 5) is 15.3. The van der Waals surface area contributed by atoms with Crippen LogP contribution in [0.25, 0.3) is 10.9 Å². The van der Waals surface area contributed by atoms with Crippen LogP contribution in [0.1, 0.15) is 29.2 Å². The number of hydrogen-bond donors (Lipinski definition) is 3. The molecule has 3 rings (SSSR count). The first-order chi connectivity index (χ1) is 11.1. The standard InChI is InChI=1S/C16H15Cl2N3O2/c17-11-5-8(1-3-19)13-10-6-12(23)20-7-9(2-4-22)15(10)21-16(13)14(11)18/h5,9,21-22H,1-2,4,6-7H2,(H,20,23)/t9-/m1/s1. The Morgan fingerprint density at radius 3 is 2.91 bits per heavy atom. The van der Waals surface area contributed by atoms with E-state index in [2.05, 4.69) is 16.4 Å². The molecule has 2 heterocycles. The van der Waals surface area contributed by atoms with Crippen LogP contribution >= 0.6 is 23.2 Å². The number of rotatable bonds is 3. The smallest absolute Gasteiger partial charge is 0.224 e. The Labute approximate surface area is 143 Å². The average molecular weight is 352 g/mol. The quantitative estimate of drug-likeness (QED) is 0.794. The number of aliphatic hydroxyl groups excluding tert-OH is 1. The largest absolute Gasteiger partial charge is 0.396 e. The van der Waals surface area contributed by atoms with Gasteiger partial charge in [-0.3, -0.25) is 4.79 Å². The number of fused-ring (bicyclic) bond motifs is 3. The van der Waals surface area contributed by atoms with Gasteiger partial charge in [-0.05, 0) is 23.6 Å². The maximum absolute atomic E-state index is 12.0. The molecule has 0 fully saturated rings. The number of H-pyrrole nitrogens is 1. The summed E-state index contributed by atoms with van der Waals surface area (Å²) in [6.45, 7) is 0.479. The summed E-state index contributed by atoms with van der Waals surface area (Å²) in [5.41, 5.74) is 3.15. The predicted octanol–water partition coefficient (Wildman–Crippen LogP) is 2.68.